The molecule has 1 aromatic rings. The first-order valence-electron chi connectivity index (χ1n) is 10.1. The Morgan fingerprint density at radius 3 is 2.19 bits per heavy atom. The van der Waals surface area contributed by atoms with E-state index in [9.17, 15) is 13.2 Å². The van der Waals surface area contributed by atoms with Crippen molar-refractivity contribution in [3.05, 3.63) is 29.3 Å². The molecule has 5 rings (SSSR count). The third kappa shape index (κ3) is 3.92. The van der Waals surface area contributed by atoms with E-state index in [1.165, 1.54) is 19.3 Å². The Kier molecular flexibility index (Phi) is 4.83. The van der Waals surface area contributed by atoms with Crippen LogP contribution < -0.4 is 10.0 Å². The van der Waals surface area contributed by atoms with Gasteiger partial charge in [0.15, 0.2) is 0 Å². The maximum absolute atomic E-state index is 12.5. The van der Waals surface area contributed by atoms with Gasteiger partial charge in [-0.15, -0.1) is 0 Å². The Bertz CT molecular complexity index is 812. The summed E-state index contributed by atoms with van der Waals surface area (Å²) in [5.41, 5.74) is 1.99. The van der Waals surface area contributed by atoms with Crippen LogP contribution in [-0.4, -0.2) is 26.4 Å². The van der Waals surface area contributed by atoms with Crippen LogP contribution in [0.5, 0.6) is 0 Å². The Balaban J connectivity index is 1.31. The van der Waals surface area contributed by atoms with E-state index in [-0.39, 0.29) is 29.3 Å². The number of rotatable bonds is 6. The van der Waals surface area contributed by atoms with E-state index < -0.39 is 10.0 Å². The smallest absolute Gasteiger partial charge is 0.240 e. The third-order valence-electron chi connectivity index (χ3n) is 6.88. The summed E-state index contributed by atoms with van der Waals surface area (Å²) in [5, 5.41) is 3.29. The maximum atomic E-state index is 12.5. The van der Waals surface area contributed by atoms with E-state index >= 15 is 0 Å². The minimum absolute atomic E-state index is 0.0151. The van der Waals surface area contributed by atoms with Gasteiger partial charge >= 0.3 is 0 Å². The number of aryl methyl sites for hydroxylation is 2. The van der Waals surface area contributed by atoms with Crippen molar-refractivity contribution < 1.29 is 13.2 Å². The second-order valence-electron chi connectivity index (χ2n) is 9.14. The summed E-state index contributed by atoms with van der Waals surface area (Å²) in [5.74, 6) is 2.30. The maximum Gasteiger partial charge on any atom is 0.240 e. The van der Waals surface area contributed by atoms with Crippen LogP contribution in [0.15, 0.2) is 23.1 Å². The molecular weight excluding hydrogens is 360 g/mol. The molecule has 4 aliphatic carbocycles. The van der Waals surface area contributed by atoms with Crippen LogP contribution in [0.25, 0.3) is 0 Å². The van der Waals surface area contributed by atoms with Gasteiger partial charge in [0, 0.05) is 18.5 Å². The molecule has 0 unspecified atom stereocenters. The van der Waals surface area contributed by atoms with Gasteiger partial charge in [-0.2, -0.15) is 0 Å². The van der Waals surface area contributed by atoms with Crippen LogP contribution in [0.3, 0.4) is 0 Å². The number of carbonyl (C=O) groups excluding carboxylic acids is 1. The minimum Gasteiger partial charge on any atom is -0.351 e. The molecule has 0 atom stereocenters. The highest BCUT2D eigenvalue weighted by molar-refractivity contribution is 7.89. The Morgan fingerprint density at radius 1 is 1.04 bits per heavy atom. The molecule has 1 amide bonds. The van der Waals surface area contributed by atoms with Gasteiger partial charge in [0.25, 0.3) is 0 Å². The molecule has 0 heterocycles. The molecule has 0 saturated heterocycles. The Hall–Kier alpha value is -1.40. The minimum atomic E-state index is -3.58. The van der Waals surface area contributed by atoms with Crippen LogP contribution in [-0.2, 0) is 14.8 Å². The SMILES string of the molecule is Cc1ccc(S(=O)(=O)NCCC(=O)NC23CC4CC(CC(C4)C2)C3)cc1C. The highest BCUT2D eigenvalue weighted by Gasteiger charge is 2.51. The fourth-order valence-corrected chi connectivity index (χ4v) is 7.00. The predicted molar refractivity (Wildman–Crippen MR) is 105 cm³/mol. The van der Waals surface area contributed by atoms with Crippen LogP contribution in [0, 0.1) is 31.6 Å². The van der Waals surface area contributed by atoms with Crippen molar-refractivity contribution in [3.63, 3.8) is 0 Å². The Labute approximate surface area is 162 Å². The van der Waals surface area contributed by atoms with Gasteiger partial charge in [-0.3, -0.25) is 4.79 Å². The molecule has 1 aromatic carbocycles. The standard InChI is InChI=1S/C21H30N2O3S/c1-14-3-4-19(7-15(14)2)27(25,26)22-6-5-20(24)23-21-11-16-8-17(12-21)10-18(9-16)13-21/h3-4,7,16-18,22H,5-6,8-13H2,1-2H3,(H,23,24). The topological polar surface area (TPSA) is 75.3 Å². The number of hydrogen-bond acceptors (Lipinski definition) is 3. The first kappa shape index (κ1) is 18.9. The molecule has 0 spiro atoms. The number of amides is 1. The fraction of sp³-hybridized carbons (Fsp3) is 0.667. The lowest BCUT2D eigenvalue weighted by molar-refractivity contribution is -0.126. The van der Waals surface area contributed by atoms with E-state index in [0.29, 0.717) is 0 Å². The lowest BCUT2D eigenvalue weighted by Crippen LogP contribution is -2.60. The van der Waals surface area contributed by atoms with Crippen LogP contribution >= 0.6 is 0 Å². The zero-order valence-corrected chi connectivity index (χ0v) is 17.1. The van der Waals surface area contributed by atoms with Crippen molar-refractivity contribution in [2.75, 3.05) is 6.54 Å². The molecule has 4 fully saturated rings. The molecular formula is C21H30N2O3S. The molecule has 4 saturated carbocycles. The van der Waals surface area contributed by atoms with Crippen LogP contribution in [0.1, 0.15) is 56.1 Å². The molecule has 0 radical (unpaired) electrons. The van der Waals surface area contributed by atoms with Gasteiger partial charge in [-0.25, -0.2) is 13.1 Å². The number of carbonyl (C=O) groups is 1. The molecule has 5 nitrogen and oxygen atoms in total. The zero-order chi connectivity index (χ0) is 19.2. The summed E-state index contributed by atoms with van der Waals surface area (Å²) >= 11 is 0. The third-order valence-corrected chi connectivity index (χ3v) is 8.33. The van der Waals surface area contributed by atoms with E-state index in [2.05, 4.69) is 10.0 Å². The number of sulfonamides is 1. The average molecular weight is 391 g/mol. The summed E-state index contributed by atoms with van der Waals surface area (Å²) in [6, 6.07) is 5.09. The highest BCUT2D eigenvalue weighted by Crippen LogP contribution is 2.55. The average Bonchev–Trinajstić information content (AvgIpc) is 2.55. The molecule has 4 aliphatic rings. The van der Waals surface area contributed by atoms with Crippen LogP contribution in [0.2, 0.25) is 0 Å². The van der Waals surface area contributed by atoms with E-state index in [1.807, 2.05) is 19.9 Å². The van der Waals surface area contributed by atoms with Crippen molar-refractivity contribution in [2.24, 2.45) is 17.8 Å². The number of nitrogens with one attached hydrogen (secondary N) is 2. The van der Waals surface area contributed by atoms with E-state index in [1.54, 1.807) is 12.1 Å². The largest absolute Gasteiger partial charge is 0.351 e. The predicted octanol–water partition coefficient (Wildman–Crippen LogP) is 3.06. The second kappa shape index (κ2) is 6.89. The van der Waals surface area contributed by atoms with Gasteiger partial charge in [0.2, 0.25) is 15.9 Å². The molecule has 4 bridgehead atoms. The summed E-state index contributed by atoms with van der Waals surface area (Å²) in [6.45, 7) is 3.98. The van der Waals surface area contributed by atoms with Crippen molar-refractivity contribution in [2.45, 2.75) is 69.2 Å². The highest BCUT2D eigenvalue weighted by atomic mass is 32.2. The van der Waals surface area contributed by atoms with E-state index in [0.717, 1.165) is 48.1 Å². The zero-order valence-electron chi connectivity index (χ0n) is 16.3. The van der Waals surface area contributed by atoms with Gasteiger partial charge in [-0.05, 0) is 93.4 Å². The molecule has 0 aliphatic heterocycles. The molecule has 0 aromatic heterocycles. The lowest BCUT2D eigenvalue weighted by Gasteiger charge is -2.56. The van der Waals surface area contributed by atoms with E-state index in [4.69, 9.17) is 0 Å². The first-order chi connectivity index (χ1) is 12.7. The first-order valence-corrected chi connectivity index (χ1v) is 11.6. The van der Waals surface area contributed by atoms with Gasteiger partial charge < -0.3 is 5.32 Å². The molecule has 6 heteroatoms. The van der Waals surface area contributed by atoms with Crippen molar-refractivity contribution in [1.29, 1.82) is 0 Å². The number of hydrogen-bond donors (Lipinski definition) is 2. The van der Waals surface area contributed by atoms with Crippen LogP contribution in [0.4, 0.5) is 0 Å². The normalized spacial score (nSPS) is 31.9. The van der Waals surface area contributed by atoms with Gasteiger partial charge in [-0.1, -0.05) is 6.07 Å². The lowest BCUT2D eigenvalue weighted by atomic mass is 9.53. The van der Waals surface area contributed by atoms with Gasteiger partial charge in [0.1, 0.15) is 0 Å². The van der Waals surface area contributed by atoms with Crippen molar-refractivity contribution in [3.8, 4) is 0 Å². The molecule has 148 valence electrons. The van der Waals surface area contributed by atoms with Crippen molar-refractivity contribution >= 4 is 15.9 Å². The Morgan fingerprint density at radius 2 is 1.63 bits per heavy atom. The molecule has 2 N–H and O–H groups in total. The summed E-state index contributed by atoms with van der Waals surface area (Å²) < 4.78 is 27.5. The summed E-state index contributed by atoms with van der Waals surface area (Å²) in [4.78, 5) is 12.8. The second-order valence-corrected chi connectivity index (χ2v) is 10.9. The fourth-order valence-electron chi connectivity index (χ4n) is 5.89. The van der Waals surface area contributed by atoms with Crippen molar-refractivity contribution in [1.82, 2.24) is 10.0 Å². The summed E-state index contributed by atoms with van der Waals surface area (Å²) in [6.07, 6.45) is 7.53. The monoisotopic (exact) mass is 390 g/mol. The number of benzene rings is 1. The molecule has 27 heavy (non-hydrogen) atoms. The quantitative estimate of drug-likeness (QED) is 0.784. The van der Waals surface area contributed by atoms with Gasteiger partial charge in [0.05, 0.1) is 4.90 Å². The summed E-state index contributed by atoms with van der Waals surface area (Å²) in [7, 11) is -3.58.